The van der Waals surface area contributed by atoms with Crippen molar-refractivity contribution >= 4 is 11.6 Å². The fourth-order valence-electron chi connectivity index (χ4n) is 2.27. The van der Waals surface area contributed by atoms with Gasteiger partial charge in [-0.05, 0) is 37.6 Å². The summed E-state index contributed by atoms with van der Waals surface area (Å²) in [6, 6.07) is 5.74. The predicted octanol–water partition coefficient (Wildman–Crippen LogP) is 3.69. The summed E-state index contributed by atoms with van der Waals surface area (Å²) < 4.78 is 11.2. The second kappa shape index (κ2) is 6.83. The predicted molar refractivity (Wildman–Crippen MR) is 77.7 cm³/mol. The molecule has 1 N–H and O–H groups in total. The number of ether oxygens (including phenoxy) is 2. The van der Waals surface area contributed by atoms with E-state index in [4.69, 9.17) is 21.1 Å². The number of nitrogens with one attached hydrogen (secondary N) is 1. The molecule has 3 nitrogen and oxygen atoms in total. The molecule has 0 fully saturated rings. The van der Waals surface area contributed by atoms with Gasteiger partial charge >= 0.3 is 0 Å². The van der Waals surface area contributed by atoms with Gasteiger partial charge in [0.2, 0.25) is 0 Å². The molecule has 1 atom stereocenters. The third-order valence-electron chi connectivity index (χ3n) is 3.16. The summed E-state index contributed by atoms with van der Waals surface area (Å²) in [5, 5.41) is 4.12. The molecule has 1 aliphatic heterocycles. The van der Waals surface area contributed by atoms with E-state index in [1.54, 1.807) is 7.11 Å². The van der Waals surface area contributed by atoms with E-state index in [9.17, 15) is 0 Å². The molecular formula is C15H20ClNO2. The zero-order valence-electron chi connectivity index (χ0n) is 11.4. The van der Waals surface area contributed by atoms with Gasteiger partial charge in [0.05, 0.1) is 19.8 Å². The Morgan fingerprint density at radius 2 is 2.32 bits per heavy atom. The number of methoxy groups -OCH3 is 1. The van der Waals surface area contributed by atoms with Gasteiger partial charge in [-0.3, -0.25) is 0 Å². The summed E-state index contributed by atoms with van der Waals surface area (Å²) in [7, 11) is 1.66. The molecule has 0 aliphatic carbocycles. The molecule has 0 radical (unpaired) electrons. The molecule has 1 heterocycles. The Morgan fingerprint density at radius 1 is 1.47 bits per heavy atom. The van der Waals surface area contributed by atoms with E-state index in [2.05, 4.69) is 18.3 Å². The van der Waals surface area contributed by atoms with Crippen molar-refractivity contribution in [3.05, 3.63) is 40.6 Å². The Balaban J connectivity index is 2.35. The lowest BCUT2D eigenvalue weighted by molar-refractivity contribution is 0.167. The number of hydrogen-bond donors (Lipinski definition) is 1. The van der Waals surface area contributed by atoms with Crippen molar-refractivity contribution in [2.45, 2.75) is 25.8 Å². The molecular weight excluding hydrogens is 262 g/mol. The number of benzene rings is 1. The highest BCUT2D eigenvalue weighted by atomic mass is 35.5. The summed E-state index contributed by atoms with van der Waals surface area (Å²) in [6.45, 7) is 3.72. The summed E-state index contributed by atoms with van der Waals surface area (Å²) in [5.74, 6) is 1.77. The van der Waals surface area contributed by atoms with E-state index in [-0.39, 0.29) is 6.04 Å². The van der Waals surface area contributed by atoms with Crippen LogP contribution in [0.4, 0.5) is 0 Å². The monoisotopic (exact) mass is 281 g/mol. The van der Waals surface area contributed by atoms with Crippen LogP contribution in [0.25, 0.3) is 0 Å². The fourth-order valence-corrected chi connectivity index (χ4v) is 2.43. The van der Waals surface area contributed by atoms with Crippen LogP contribution >= 0.6 is 11.6 Å². The van der Waals surface area contributed by atoms with Crippen LogP contribution in [0.5, 0.6) is 5.75 Å². The van der Waals surface area contributed by atoms with Gasteiger partial charge in [-0.15, -0.1) is 0 Å². The molecule has 19 heavy (non-hydrogen) atoms. The summed E-state index contributed by atoms with van der Waals surface area (Å²) in [5.41, 5.74) is 1.06. The van der Waals surface area contributed by atoms with Gasteiger partial charge < -0.3 is 14.8 Å². The van der Waals surface area contributed by atoms with Crippen LogP contribution in [0, 0.1) is 0 Å². The quantitative estimate of drug-likeness (QED) is 0.893. The Kier molecular flexibility index (Phi) is 5.11. The molecule has 1 aromatic carbocycles. The third-order valence-corrected chi connectivity index (χ3v) is 3.40. The van der Waals surface area contributed by atoms with Gasteiger partial charge in [0.25, 0.3) is 0 Å². The maximum atomic E-state index is 6.02. The second-order valence-electron chi connectivity index (χ2n) is 4.47. The van der Waals surface area contributed by atoms with E-state index in [1.165, 1.54) is 0 Å². The van der Waals surface area contributed by atoms with Crippen molar-refractivity contribution in [1.29, 1.82) is 0 Å². The van der Waals surface area contributed by atoms with Crippen molar-refractivity contribution in [2.24, 2.45) is 0 Å². The minimum absolute atomic E-state index is 0.0255. The molecule has 0 amide bonds. The van der Waals surface area contributed by atoms with E-state index in [0.717, 1.165) is 43.1 Å². The van der Waals surface area contributed by atoms with Crippen molar-refractivity contribution in [3.8, 4) is 5.75 Å². The molecule has 1 unspecified atom stereocenters. The van der Waals surface area contributed by atoms with Gasteiger partial charge in [0.15, 0.2) is 0 Å². The number of halogens is 1. The van der Waals surface area contributed by atoms with E-state index < -0.39 is 0 Å². The van der Waals surface area contributed by atoms with Crippen molar-refractivity contribution in [1.82, 2.24) is 5.32 Å². The number of likely N-dealkylation sites (N-methyl/N-ethyl adjacent to an activating group) is 1. The standard InChI is InChI=1S/C15H20ClNO2/c1-3-17-15(13-6-4-5-9-19-13)12-8-7-11(16)10-14(12)18-2/h6-8,10,15,17H,3-5,9H2,1-2H3. The van der Waals surface area contributed by atoms with Crippen LogP contribution in [0.15, 0.2) is 30.0 Å². The van der Waals surface area contributed by atoms with Crippen molar-refractivity contribution < 1.29 is 9.47 Å². The Labute approximate surface area is 119 Å². The van der Waals surface area contributed by atoms with Gasteiger partial charge in [-0.2, -0.15) is 0 Å². The highest BCUT2D eigenvalue weighted by Crippen LogP contribution is 2.33. The Bertz CT molecular complexity index is 459. The minimum Gasteiger partial charge on any atom is -0.496 e. The summed E-state index contributed by atoms with van der Waals surface area (Å²) >= 11 is 6.02. The molecule has 0 bridgehead atoms. The first kappa shape index (κ1) is 14.2. The van der Waals surface area contributed by atoms with Crippen LogP contribution in [0.3, 0.4) is 0 Å². The van der Waals surface area contributed by atoms with Crippen LogP contribution in [0.1, 0.15) is 31.4 Å². The Morgan fingerprint density at radius 3 is 2.95 bits per heavy atom. The van der Waals surface area contributed by atoms with Crippen LogP contribution in [0.2, 0.25) is 5.02 Å². The molecule has 0 aromatic heterocycles. The van der Waals surface area contributed by atoms with Crippen LogP contribution < -0.4 is 10.1 Å². The first-order valence-corrected chi connectivity index (χ1v) is 7.03. The average Bonchev–Trinajstić information content (AvgIpc) is 2.46. The highest BCUT2D eigenvalue weighted by Gasteiger charge is 2.22. The molecule has 0 spiro atoms. The zero-order chi connectivity index (χ0) is 13.7. The number of rotatable bonds is 5. The summed E-state index contributed by atoms with van der Waals surface area (Å²) in [4.78, 5) is 0. The van der Waals surface area contributed by atoms with Crippen LogP contribution in [-0.4, -0.2) is 20.3 Å². The minimum atomic E-state index is 0.0255. The normalized spacial score (nSPS) is 16.5. The topological polar surface area (TPSA) is 30.5 Å². The molecule has 2 rings (SSSR count). The molecule has 0 saturated carbocycles. The van der Waals surface area contributed by atoms with E-state index in [0.29, 0.717) is 5.02 Å². The molecule has 4 heteroatoms. The Hall–Kier alpha value is -1.19. The first-order valence-electron chi connectivity index (χ1n) is 6.66. The van der Waals surface area contributed by atoms with Crippen molar-refractivity contribution in [3.63, 3.8) is 0 Å². The lowest BCUT2D eigenvalue weighted by Crippen LogP contribution is -2.25. The zero-order valence-corrected chi connectivity index (χ0v) is 12.2. The van der Waals surface area contributed by atoms with Gasteiger partial charge in [-0.1, -0.05) is 24.6 Å². The maximum absolute atomic E-state index is 6.02. The van der Waals surface area contributed by atoms with Gasteiger partial charge in [0, 0.05) is 10.6 Å². The maximum Gasteiger partial charge on any atom is 0.125 e. The lowest BCUT2D eigenvalue weighted by Gasteiger charge is -2.26. The SMILES string of the molecule is CCNC(C1=CCCCO1)c1ccc(Cl)cc1OC. The third kappa shape index (κ3) is 3.43. The molecule has 1 aliphatic rings. The first-order chi connectivity index (χ1) is 9.26. The molecule has 1 aromatic rings. The number of hydrogen-bond acceptors (Lipinski definition) is 3. The number of allylic oxidation sites excluding steroid dienone is 1. The second-order valence-corrected chi connectivity index (χ2v) is 4.91. The molecule has 0 saturated heterocycles. The largest absolute Gasteiger partial charge is 0.496 e. The van der Waals surface area contributed by atoms with Crippen LogP contribution in [-0.2, 0) is 4.74 Å². The van der Waals surface area contributed by atoms with E-state index >= 15 is 0 Å². The highest BCUT2D eigenvalue weighted by molar-refractivity contribution is 6.30. The van der Waals surface area contributed by atoms with Crippen molar-refractivity contribution in [2.75, 3.05) is 20.3 Å². The molecule has 104 valence electrons. The van der Waals surface area contributed by atoms with E-state index in [1.807, 2.05) is 18.2 Å². The lowest BCUT2D eigenvalue weighted by atomic mass is 10.0. The van der Waals surface area contributed by atoms with Gasteiger partial charge in [0.1, 0.15) is 11.5 Å². The smallest absolute Gasteiger partial charge is 0.125 e. The average molecular weight is 282 g/mol. The van der Waals surface area contributed by atoms with Gasteiger partial charge in [-0.25, -0.2) is 0 Å². The fraction of sp³-hybridized carbons (Fsp3) is 0.467. The summed E-state index contributed by atoms with van der Waals surface area (Å²) in [6.07, 6.45) is 4.30.